The number of halogens is 1. The van der Waals surface area contributed by atoms with Gasteiger partial charge in [0.1, 0.15) is 9.35 Å². The Balaban J connectivity index is 2.92. The average Bonchev–Trinajstić information content (AvgIpc) is 2.33. The number of hydrogen-bond donors (Lipinski definition) is 1. The summed E-state index contributed by atoms with van der Waals surface area (Å²) in [5.41, 5.74) is 8.56. The molecule has 2 rings (SSSR count). The molecule has 62 valence electrons. The van der Waals surface area contributed by atoms with Crippen molar-refractivity contribution in [1.82, 2.24) is 9.38 Å². The van der Waals surface area contributed by atoms with E-state index in [1.165, 1.54) is 0 Å². The lowest BCUT2D eigenvalue weighted by Gasteiger charge is -2.00. The first-order valence-electron chi connectivity index (χ1n) is 3.57. The van der Waals surface area contributed by atoms with E-state index in [-0.39, 0.29) is 0 Å². The van der Waals surface area contributed by atoms with Crippen LogP contribution >= 0.6 is 22.6 Å². The second-order valence-electron chi connectivity index (χ2n) is 2.73. The lowest BCUT2D eigenvalue weighted by Crippen LogP contribution is -1.94. The molecule has 2 N–H and O–H groups in total. The Labute approximate surface area is 83.7 Å². The number of hydrogen-bond acceptors (Lipinski definition) is 2. The molecule has 0 saturated carbocycles. The highest BCUT2D eigenvalue weighted by atomic mass is 127. The van der Waals surface area contributed by atoms with Crippen molar-refractivity contribution in [2.24, 2.45) is 0 Å². The van der Waals surface area contributed by atoms with Crippen LogP contribution in [-0.2, 0) is 0 Å². The van der Waals surface area contributed by atoms with E-state index in [1.54, 1.807) is 0 Å². The third-order valence-corrected chi connectivity index (χ3v) is 2.56. The molecule has 0 spiro atoms. The maximum atomic E-state index is 5.70. The van der Waals surface area contributed by atoms with E-state index < -0.39 is 0 Å². The molecule has 4 heteroatoms. The Morgan fingerprint density at radius 1 is 1.58 bits per heavy atom. The largest absolute Gasteiger partial charge is 0.398 e. The molecule has 0 bridgehead atoms. The molecule has 0 aliphatic heterocycles. The molecule has 2 heterocycles. The zero-order valence-electron chi connectivity index (χ0n) is 6.58. The number of imidazole rings is 1. The molecule has 2 aromatic heterocycles. The van der Waals surface area contributed by atoms with Gasteiger partial charge in [0.2, 0.25) is 0 Å². The summed E-state index contributed by atoms with van der Waals surface area (Å²) in [5.74, 6) is 0. The van der Waals surface area contributed by atoms with E-state index in [1.807, 2.05) is 29.8 Å². The molecule has 0 amide bonds. The molecule has 0 radical (unpaired) electrons. The van der Waals surface area contributed by atoms with Crippen molar-refractivity contribution in [2.45, 2.75) is 6.92 Å². The van der Waals surface area contributed by atoms with Crippen LogP contribution in [-0.4, -0.2) is 9.38 Å². The van der Waals surface area contributed by atoms with Gasteiger partial charge in [0.05, 0.1) is 6.20 Å². The van der Waals surface area contributed by atoms with Crippen molar-refractivity contribution in [1.29, 1.82) is 0 Å². The summed E-state index contributed by atoms with van der Waals surface area (Å²) in [7, 11) is 0. The minimum atomic E-state index is 0.774. The van der Waals surface area contributed by atoms with E-state index in [0.29, 0.717) is 0 Å². The quantitative estimate of drug-likeness (QED) is 0.744. The van der Waals surface area contributed by atoms with Crippen molar-refractivity contribution in [3.05, 3.63) is 27.7 Å². The Hall–Kier alpha value is -0.780. The number of nitrogens with zero attached hydrogens (tertiary/aromatic N) is 2. The number of fused-ring (bicyclic) bond motifs is 1. The van der Waals surface area contributed by atoms with Crippen LogP contribution in [0.5, 0.6) is 0 Å². The Morgan fingerprint density at radius 3 is 3.08 bits per heavy atom. The fraction of sp³-hybridized carbons (Fsp3) is 0.125. The van der Waals surface area contributed by atoms with Crippen LogP contribution in [0.15, 0.2) is 18.5 Å². The highest BCUT2D eigenvalue weighted by molar-refractivity contribution is 14.1. The minimum Gasteiger partial charge on any atom is -0.398 e. The van der Waals surface area contributed by atoms with Gasteiger partial charge in [-0.2, -0.15) is 0 Å². The lowest BCUT2D eigenvalue weighted by atomic mass is 10.3. The summed E-state index contributed by atoms with van der Waals surface area (Å²) in [6.45, 7) is 2.01. The first kappa shape index (κ1) is 7.85. The second-order valence-corrected chi connectivity index (χ2v) is 3.84. The molecule has 12 heavy (non-hydrogen) atoms. The minimum absolute atomic E-state index is 0.774. The first-order chi connectivity index (χ1) is 5.68. The first-order valence-corrected chi connectivity index (χ1v) is 4.65. The number of nitrogen functional groups attached to an aromatic ring is 1. The Morgan fingerprint density at radius 2 is 2.33 bits per heavy atom. The molecule has 3 nitrogen and oxygen atoms in total. The van der Waals surface area contributed by atoms with Crippen LogP contribution in [0.25, 0.3) is 5.65 Å². The second kappa shape index (κ2) is 2.62. The number of rotatable bonds is 0. The lowest BCUT2D eigenvalue weighted by molar-refractivity contribution is 1.14. The summed E-state index contributed by atoms with van der Waals surface area (Å²) >= 11 is 2.23. The van der Waals surface area contributed by atoms with Crippen molar-refractivity contribution in [2.75, 3.05) is 5.73 Å². The monoisotopic (exact) mass is 273 g/mol. The van der Waals surface area contributed by atoms with Gasteiger partial charge in [0.25, 0.3) is 0 Å². The zero-order valence-corrected chi connectivity index (χ0v) is 8.74. The maximum Gasteiger partial charge on any atom is 0.140 e. The van der Waals surface area contributed by atoms with Crippen molar-refractivity contribution < 1.29 is 0 Å². The molecule has 0 saturated heterocycles. The number of pyridine rings is 1. The molecule has 0 atom stereocenters. The Bertz CT molecular complexity index is 433. The molecule has 0 aliphatic rings. The highest BCUT2D eigenvalue weighted by Crippen LogP contribution is 2.16. The summed E-state index contributed by atoms with van der Waals surface area (Å²) in [6, 6.07) is 1.93. The van der Waals surface area contributed by atoms with Crippen molar-refractivity contribution in [3.63, 3.8) is 0 Å². The third kappa shape index (κ3) is 1.06. The summed E-state index contributed by atoms with van der Waals surface area (Å²) in [4.78, 5) is 4.26. The van der Waals surface area contributed by atoms with Crippen LogP contribution in [0.1, 0.15) is 5.56 Å². The fourth-order valence-corrected chi connectivity index (χ4v) is 1.76. The average molecular weight is 273 g/mol. The van der Waals surface area contributed by atoms with E-state index in [4.69, 9.17) is 5.73 Å². The molecule has 0 fully saturated rings. The van der Waals surface area contributed by atoms with Crippen LogP contribution in [0.3, 0.4) is 0 Å². The standard InChI is InChI=1S/C8H8IN3/c1-5-2-6(10)4-12-7(9)3-11-8(5)12/h2-4H,10H2,1H3. The topological polar surface area (TPSA) is 43.3 Å². The predicted molar refractivity (Wildman–Crippen MR) is 57.1 cm³/mol. The van der Waals surface area contributed by atoms with E-state index in [9.17, 15) is 0 Å². The number of aromatic nitrogens is 2. The van der Waals surface area contributed by atoms with Gasteiger partial charge in [0, 0.05) is 11.9 Å². The molecular formula is C8H8IN3. The SMILES string of the molecule is Cc1cc(N)cn2c(I)cnc12. The number of anilines is 1. The van der Waals surface area contributed by atoms with Crippen LogP contribution < -0.4 is 5.73 Å². The third-order valence-electron chi connectivity index (χ3n) is 1.77. The molecular weight excluding hydrogens is 265 g/mol. The van der Waals surface area contributed by atoms with Crippen molar-refractivity contribution in [3.8, 4) is 0 Å². The molecule has 0 unspecified atom stereocenters. The van der Waals surface area contributed by atoms with Crippen LogP contribution in [0.2, 0.25) is 0 Å². The molecule has 0 aromatic carbocycles. The van der Waals surface area contributed by atoms with Gasteiger partial charge in [-0.1, -0.05) is 0 Å². The van der Waals surface area contributed by atoms with Crippen LogP contribution in [0, 0.1) is 10.6 Å². The fourth-order valence-electron chi connectivity index (χ4n) is 1.26. The van der Waals surface area contributed by atoms with Gasteiger partial charge in [0.15, 0.2) is 0 Å². The van der Waals surface area contributed by atoms with Gasteiger partial charge >= 0.3 is 0 Å². The van der Waals surface area contributed by atoms with Gasteiger partial charge in [-0.25, -0.2) is 4.98 Å². The molecule has 2 aromatic rings. The normalized spacial score (nSPS) is 10.8. The van der Waals surface area contributed by atoms with Crippen molar-refractivity contribution >= 4 is 33.9 Å². The van der Waals surface area contributed by atoms with Crippen LogP contribution in [0.4, 0.5) is 5.69 Å². The summed E-state index contributed by atoms with van der Waals surface area (Å²) < 4.78 is 3.07. The summed E-state index contributed by atoms with van der Waals surface area (Å²) in [6.07, 6.45) is 3.72. The van der Waals surface area contributed by atoms with Gasteiger partial charge in [-0.15, -0.1) is 0 Å². The zero-order chi connectivity index (χ0) is 8.72. The highest BCUT2D eigenvalue weighted by Gasteiger charge is 2.02. The Kier molecular flexibility index (Phi) is 1.71. The van der Waals surface area contributed by atoms with E-state index in [0.717, 1.165) is 20.6 Å². The van der Waals surface area contributed by atoms with E-state index >= 15 is 0 Å². The van der Waals surface area contributed by atoms with Gasteiger partial charge < -0.3 is 5.73 Å². The maximum absolute atomic E-state index is 5.70. The number of aryl methyl sites for hydroxylation is 1. The van der Waals surface area contributed by atoms with Gasteiger partial charge in [-0.3, -0.25) is 4.40 Å². The predicted octanol–water partition coefficient (Wildman–Crippen LogP) is 1.83. The molecule has 0 aliphatic carbocycles. The number of nitrogens with two attached hydrogens (primary N) is 1. The van der Waals surface area contributed by atoms with E-state index in [2.05, 4.69) is 27.6 Å². The summed E-state index contributed by atoms with van der Waals surface area (Å²) in [5, 5.41) is 0. The van der Waals surface area contributed by atoms with Gasteiger partial charge in [-0.05, 0) is 41.1 Å². The smallest absolute Gasteiger partial charge is 0.140 e.